The van der Waals surface area contributed by atoms with E-state index in [1.54, 1.807) is 0 Å². The predicted molar refractivity (Wildman–Crippen MR) is 174 cm³/mol. The Labute approximate surface area is 255 Å². The molecule has 4 rings (SSSR count). The largest absolute Gasteiger partial charge is 0.265 e. The van der Waals surface area contributed by atoms with Crippen LogP contribution in [0.2, 0.25) is 0 Å². The maximum atomic E-state index is 4.35. The molecule has 0 aliphatic heterocycles. The first-order valence-corrected chi connectivity index (χ1v) is 15.7. The van der Waals surface area contributed by atoms with E-state index < -0.39 is 0 Å². The summed E-state index contributed by atoms with van der Waals surface area (Å²) in [5.41, 5.74) is 6.13. The van der Waals surface area contributed by atoms with Crippen LogP contribution in [-0.2, 0) is 14.1 Å². The van der Waals surface area contributed by atoms with Gasteiger partial charge in [0, 0.05) is 36.7 Å². The number of hydrogen-bond acceptors (Lipinski definition) is 1. The van der Waals surface area contributed by atoms with Crippen molar-refractivity contribution in [1.29, 1.82) is 0 Å². The second-order valence-electron chi connectivity index (χ2n) is 14.8. The Morgan fingerprint density at radius 1 is 0.548 bits per heavy atom. The van der Waals surface area contributed by atoms with Crippen molar-refractivity contribution in [3.8, 4) is 0 Å². The van der Waals surface area contributed by atoms with Gasteiger partial charge in [-0.05, 0) is 94.6 Å². The average molecular weight is 564 g/mol. The lowest BCUT2D eigenvalue weighted by atomic mass is 9.68. The first-order valence-electron chi connectivity index (χ1n) is 15.7. The van der Waals surface area contributed by atoms with Gasteiger partial charge in [-0.15, -0.1) is 0 Å². The van der Waals surface area contributed by atoms with E-state index in [0.717, 1.165) is 25.7 Å². The maximum Gasteiger partial charge on any atom is 0.168 e. The molecule has 0 fully saturated rings. The van der Waals surface area contributed by atoms with Crippen LogP contribution in [0, 0.1) is 10.8 Å². The minimum Gasteiger partial charge on any atom is -0.265 e. The third kappa shape index (κ3) is 9.08. The summed E-state index contributed by atoms with van der Waals surface area (Å²) in [6.07, 6.45) is 17.3. The average Bonchev–Trinajstić information content (AvgIpc) is 2.95. The quantitative estimate of drug-likeness (QED) is 0.167. The Kier molecular flexibility index (Phi) is 10.4. The van der Waals surface area contributed by atoms with Gasteiger partial charge in [-0.2, -0.15) is 0 Å². The summed E-state index contributed by atoms with van der Waals surface area (Å²) in [7, 11) is 4.22. The first kappa shape index (κ1) is 31.6. The molecule has 3 nitrogen and oxygen atoms in total. The van der Waals surface area contributed by atoms with E-state index in [1.807, 2.05) is 12.4 Å². The van der Waals surface area contributed by atoms with E-state index >= 15 is 0 Å². The number of aromatic nitrogens is 3. The molecule has 0 saturated carbocycles. The number of rotatable bonds is 11. The van der Waals surface area contributed by atoms with Crippen LogP contribution in [0.25, 0.3) is 0 Å². The summed E-state index contributed by atoms with van der Waals surface area (Å²) in [5.74, 6) is 1.79. The molecule has 0 radical (unpaired) electrons. The summed E-state index contributed by atoms with van der Waals surface area (Å²) in [4.78, 5) is 4.35. The van der Waals surface area contributed by atoms with Crippen molar-refractivity contribution in [2.24, 2.45) is 24.9 Å². The van der Waals surface area contributed by atoms with Gasteiger partial charge in [0.1, 0.15) is 14.1 Å². The van der Waals surface area contributed by atoms with E-state index in [1.165, 1.54) is 22.3 Å². The number of hydrogen-bond donors (Lipinski definition) is 0. The van der Waals surface area contributed by atoms with Crippen molar-refractivity contribution in [1.82, 2.24) is 4.98 Å². The molecule has 4 aromatic rings. The Morgan fingerprint density at radius 3 is 1.48 bits per heavy atom. The molecule has 0 aliphatic rings. The van der Waals surface area contributed by atoms with Crippen molar-refractivity contribution in [2.75, 3.05) is 0 Å². The fraction of sp³-hybridized carbons (Fsp3) is 0.462. The lowest BCUT2D eigenvalue weighted by molar-refractivity contribution is -0.671. The standard InChI is InChI=1S/C39H53N3/c1-38(2,3)29-36(30-14-20-40-21-15-30)27-34(31-16-22-41(7)23-17-31)26-35(32-18-24-42(8)25-19-32)28-37(39(4,5)6)33-12-10-9-11-13-33/h9-25,34-37H,26-29H2,1-8H3/q+2. The highest BCUT2D eigenvalue weighted by Crippen LogP contribution is 2.47. The number of benzene rings is 1. The van der Waals surface area contributed by atoms with Gasteiger partial charge in [-0.25, -0.2) is 9.13 Å². The zero-order valence-corrected chi connectivity index (χ0v) is 27.3. The number of pyridine rings is 3. The lowest BCUT2D eigenvalue weighted by Crippen LogP contribution is -2.27. The highest BCUT2D eigenvalue weighted by Gasteiger charge is 2.33. The van der Waals surface area contributed by atoms with Gasteiger partial charge in [0.25, 0.3) is 0 Å². The minimum atomic E-state index is 0.154. The number of nitrogens with zero attached hydrogens (tertiary/aromatic N) is 3. The molecular weight excluding hydrogens is 510 g/mol. The number of aryl methyl sites for hydroxylation is 2. The Morgan fingerprint density at radius 2 is 1.00 bits per heavy atom. The molecule has 4 unspecified atom stereocenters. The van der Waals surface area contributed by atoms with Gasteiger partial charge < -0.3 is 0 Å². The molecule has 0 spiro atoms. The van der Waals surface area contributed by atoms with Crippen LogP contribution in [0.1, 0.15) is 113 Å². The zero-order chi connectivity index (χ0) is 30.3. The topological polar surface area (TPSA) is 20.6 Å². The van der Waals surface area contributed by atoms with Crippen LogP contribution >= 0.6 is 0 Å². The molecule has 3 heterocycles. The fourth-order valence-corrected chi connectivity index (χ4v) is 6.66. The van der Waals surface area contributed by atoms with Crippen LogP contribution in [0.3, 0.4) is 0 Å². The van der Waals surface area contributed by atoms with Gasteiger partial charge >= 0.3 is 0 Å². The van der Waals surface area contributed by atoms with E-state index in [2.05, 4.69) is 161 Å². The van der Waals surface area contributed by atoms with E-state index in [4.69, 9.17) is 0 Å². The van der Waals surface area contributed by atoms with Crippen molar-refractivity contribution in [3.63, 3.8) is 0 Å². The fourth-order valence-electron chi connectivity index (χ4n) is 6.66. The van der Waals surface area contributed by atoms with Gasteiger partial charge in [0.05, 0.1) is 0 Å². The monoisotopic (exact) mass is 563 g/mol. The Bertz CT molecular complexity index is 1350. The van der Waals surface area contributed by atoms with Gasteiger partial charge in [-0.3, -0.25) is 4.98 Å². The molecule has 0 amide bonds. The molecule has 0 saturated heterocycles. The van der Waals surface area contributed by atoms with Gasteiger partial charge in [0.15, 0.2) is 24.8 Å². The van der Waals surface area contributed by atoms with Crippen LogP contribution in [0.4, 0.5) is 0 Å². The first-order chi connectivity index (χ1) is 19.9. The Balaban J connectivity index is 1.76. The van der Waals surface area contributed by atoms with Crippen molar-refractivity contribution < 1.29 is 9.13 Å². The molecule has 1 aromatic carbocycles. The van der Waals surface area contributed by atoms with E-state index in [-0.39, 0.29) is 10.8 Å². The highest BCUT2D eigenvalue weighted by atomic mass is 14.9. The summed E-state index contributed by atoms with van der Waals surface area (Å²) in [6.45, 7) is 14.3. The van der Waals surface area contributed by atoms with Crippen LogP contribution < -0.4 is 9.13 Å². The normalized spacial score (nSPS) is 15.1. The molecule has 0 bridgehead atoms. The third-order valence-corrected chi connectivity index (χ3v) is 8.89. The second kappa shape index (κ2) is 13.8. The second-order valence-corrected chi connectivity index (χ2v) is 14.8. The van der Waals surface area contributed by atoms with E-state index in [9.17, 15) is 0 Å². The van der Waals surface area contributed by atoms with Crippen LogP contribution in [0.15, 0.2) is 104 Å². The summed E-state index contributed by atoms with van der Waals surface area (Å²) in [5, 5.41) is 0. The molecule has 3 heteroatoms. The van der Waals surface area contributed by atoms with Crippen LogP contribution in [-0.4, -0.2) is 4.98 Å². The molecule has 3 aromatic heterocycles. The summed E-state index contributed by atoms with van der Waals surface area (Å²) >= 11 is 0. The van der Waals surface area contributed by atoms with Crippen LogP contribution in [0.5, 0.6) is 0 Å². The molecule has 42 heavy (non-hydrogen) atoms. The van der Waals surface area contributed by atoms with Gasteiger partial charge in [0.2, 0.25) is 0 Å². The highest BCUT2D eigenvalue weighted by molar-refractivity contribution is 5.26. The van der Waals surface area contributed by atoms with E-state index in [0.29, 0.717) is 23.7 Å². The van der Waals surface area contributed by atoms with Crippen molar-refractivity contribution in [3.05, 3.63) is 126 Å². The SMILES string of the molecule is C[n+]1ccc(C(CC(CC(c2ccccc2)C(C)(C)C)c2cc[n+](C)cc2)CC(CC(C)(C)C)c2ccncc2)cc1. The lowest BCUT2D eigenvalue weighted by Gasteiger charge is -2.36. The maximum absolute atomic E-state index is 4.35. The molecule has 4 atom stereocenters. The minimum absolute atomic E-state index is 0.154. The summed E-state index contributed by atoms with van der Waals surface area (Å²) in [6, 6.07) is 25.1. The Hall–Kier alpha value is -3.33. The van der Waals surface area contributed by atoms with Gasteiger partial charge in [-0.1, -0.05) is 71.9 Å². The van der Waals surface area contributed by atoms with Crippen molar-refractivity contribution in [2.45, 2.75) is 90.9 Å². The zero-order valence-electron chi connectivity index (χ0n) is 27.3. The smallest absolute Gasteiger partial charge is 0.168 e. The third-order valence-electron chi connectivity index (χ3n) is 8.89. The molecule has 0 N–H and O–H groups in total. The predicted octanol–water partition coefficient (Wildman–Crippen LogP) is 8.82. The molecule has 0 aliphatic carbocycles. The van der Waals surface area contributed by atoms with Crippen molar-refractivity contribution >= 4 is 0 Å². The molecular formula is C39H53N3+2. The molecule has 222 valence electrons. The summed E-state index contributed by atoms with van der Waals surface area (Å²) < 4.78 is 4.30.